The Labute approximate surface area is 198 Å². The number of methoxy groups -OCH3 is 1. The molecule has 11 heteroatoms. The molecular formula is C22H23ClF3N3O3S. The molecule has 0 aliphatic heterocycles. The number of ether oxygens (including phenoxy) is 2. The molecule has 1 aromatic carbocycles. The van der Waals surface area contributed by atoms with Gasteiger partial charge in [-0.2, -0.15) is 13.2 Å². The van der Waals surface area contributed by atoms with E-state index >= 15 is 0 Å². The van der Waals surface area contributed by atoms with Gasteiger partial charge < -0.3 is 14.0 Å². The first-order chi connectivity index (χ1) is 15.4. The molecule has 0 aliphatic carbocycles. The van der Waals surface area contributed by atoms with E-state index in [1.165, 1.54) is 0 Å². The second-order valence-electron chi connectivity index (χ2n) is 8.20. The summed E-state index contributed by atoms with van der Waals surface area (Å²) < 4.78 is 51.3. The van der Waals surface area contributed by atoms with Crippen LogP contribution in [0.25, 0.3) is 11.0 Å². The highest BCUT2D eigenvalue weighted by Crippen LogP contribution is 2.37. The van der Waals surface area contributed by atoms with Crippen molar-refractivity contribution in [1.82, 2.24) is 14.5 Å². The minimum atomic E-state index is -4.54. The summed E-state index contributed by atoms with van der Waals surface area (Å²) in [5.41, 5.74) is -0.0726. The van der Waals surface area contributed by atoms with Crippen molar-refractivity contribution >= 4 is 40.4 Å². The SMILES string of the molecule is COc1ccc2c(c1)nc(Sc1ncc(C(F)(F)F)cc1Cl)n2CCCC(=O)OC(C)(C)C. The minimum absolute atomic E-state index is 0.125. The Hall–Kier alpha value is -2.46. The lowest BCUT2D eigenvalue weighted by Gasteiger charge is -2.19. The molecule has 0 N–H and O–H groups in total. The lowest BCUT2D eigenvalue weighted by molar-refractivity contribution is -0.155. The molecule has 0 radical (unpaired) electrons. The van der Waals surface area contributed by atoms with Gasteiger partial charge in [-0.25, -0.2) is 9.97 Å². The number of benzene rings is 1. The van der Waals surface area contributed by atoms with Crippen molar-refractivity contribution in [2.75, 3.05) is 7.11 Å². The third-order valence-corrected chi connectivity index (χ3v) is 5.84. The molecule has 0 fully saturated rings. The Morgan fingerprint density at radius 2 is 1.94 bits per heavy atom. The average Bonchev–Trinajstić information content (AvgIpc) is 3.03. The second kappa shape index (κ2) is 9.80. The number of pyridine rings is 1. The van der Waals surface area contributed by atoms with Crippen molar-refractivity contribution in [2.45, 2.75) is 62.1 Å². The van der Waals surface area contributed by atoms with Gasteiger partial charge in [0.15, 0.2) is 5.16 Å². The van der Waals surface area contributed by atoms with Crippen molar-refractivity contribution < 1.29 is 27.4 Å². The van der Waals surface area contributed by atoms with E-state index in [4.69, 9.17) is 21.1 Å². The molecule has 0 saturated heterocycles. The Morgan fingerprint density at radius 1 is 1.21 bits per heavy atom. The van der Waals surface area contributed by atoms with Gasteiger partial charge in [0.1, 0.15) is 16.4 Å². The zero-order valence-corrected chi connectivity index (χ0v) is 20.1. The molecule has 178 valence electrons. The Balaban J connectivity index is 1.88. The van der Waals surface area contributed by atoms with Gasteiger partial charge >= 0.3 is 12.1 Å². The number of rotatable bonds is 7. The quantitative estimate of drug-likeness (QED) is 0.350. The molecule has 0 saturated carbocycles. The van der Waals surface area contributed by atoms with Crippen LogP contribution in [-0.2, 0) is 22.3 Å². The van der Waals surface area contributed by atoms with E-state index in [9.17, 15) is 18.0 Å². The van der Waals surface area contributed by atoms with Crippen LogP contribution in [0, 0.1) is 0 Å². The van der Waals surface area contributed by atoms with Crippen LogP contribution in [-0.4, -0.2) is 33.2 Å². The van der Waals surface area contributed by atoms with Gasteiger partial charge in [0, 0.05) is 25.2 Å². The smallest absolute Gasteiger partial charge is 0.417 e. The highest BCUT2D eigenvalue weighted by molar-refractivity contribution is 7.99. The summed E-state index contributed by atoms with van der Waals surface area (Å²) in [6.45, 7) is 5.84. The maximum atomic E-state index is 12.9. The van der Waals surface area contributed by atoms with Crippen LogP contribution in [0.3, 0.4) is 0 Å². The number of alkyl halides is 3. The van der Waals surface area contributed by atoms with Gasteiger partial charge in [0.25, 0.3) is 0 Å². The van der Waals surface area contributed by atoms with Crippen molar-refractivity contribution in [3.05, 3.63) is 41.0 Å². The number of nitrogens with zero attached hydrogens (tertiary/aromatic N) is 3. The number of hydrogen-bond donors (Lipinski definition) is 0. The monoisotopic (exact) mass is 501 g/mol. The number of halogens is 4. The zero-order chi connectivity index (χ0) is 24.4. The van der Waals surface area contributed by atoms with Crippen molar-refractivity contribution in [2.24, 2.45) is 0 Å². The van der Waals surface area contributed by atoms with Gasteiger partial charge in [-0.1, -0.05) is 11.6 Å². The van der Waals surface area contributed by atoms with E-state index in [1.807, 2.05) is 10.6 Å². The standard InChI is InChI=1S/C22H23ClF3N3O3S/c1-21(2,3)32-18(30)6-5-9-29-17-8-7-14(31-4)11-16(17)28-20(29)33-19-15(23)10-13(12-27-19)22(24,25)26/h7-8,10-12H,5-6,9H2,1-4H3. The number of hydrogen-bond acceptors (Lipinski definition) is 6. The predicted molar refractivity (Wildman–Crippen MR) is 120 cm³/mol. The van der Waals surface area contributed by atoms with Crippen LogP contribution in [0.1, 0.15) is 39.2 Å². The predicted octanol–water partition coefficient (Wildman–Crippen LogP) is 6.39. The second-order valence-corrected chi connectivity index (χ2v) is 9.56. The molecule has 0 atom stereocenters. The first kappa shape index (κ1) is 25.2. The van der Waals surface area contributed by atoms with Gasteiger partial charge in [-0.3, -0.25) is 4.79 Å². The molecule has 0 aliphatic rings. The van der Waals surface area contributed by atoms with E-state index in [1.54, 1.807) is 40.0 Å². The van der Waals surface area contributed by atoms with Gasteiger partial charge in [-0.05, 0) is 57.2 Å². The van der Waals surface area contributed by atoms with Crippen LogP contribution >= 0.6 is 23.4 Å². The maximum absolute atomic E-state index is 12.9. The zero-order valence-electron chi connectivity index (χ0n) is 18.5. The van der Waals surface area contributed by atoms with E-state index in [0.717, 1.165) is 29.5 Å². The first-order valence-electron chi connectivity index (χ1n) is 10.0. The van der Waals surface area contributed by atoms with Gasteiger partial charge in [-0.15, -0.1) is 0 Å². The molecular weight excluding hydrogens is 479 g/mol. The highest BCUT2D eigenvalue weighted by atomic mass is 35.5. The van der Waals surface area contributed by atoms with Gasteiger partial charge in [0.2, 0.25) is 0 Å². The molecule has 3 rings (SSSR count). The molecule has 0 amide bonds. The summed E-state index contributed by atoms with van der Waals surface area (Å²) in [4.78, 5) is 20.6. The molecule has 33 heavy (non-hydrogen) atoms. The third-order valence-electron chi connectivity index (χ3n) is 4.43. The Morgan fingerprint density at radius 3 is 2.55 bits per heavy atom. The molecule has 3 aromatic rings. The average molecular weight is 502 g/mol. The highest BCUT2D eigenvalue weighted by Gasteiger charge is 2.32. The number of carbonyl (C=O) groups excluding carboxylic acids is 1. The Bertz CT molecular complexity index is 1160. The molecule has 0 bridgehead atoms. The number of imidazole rings is 1. The fourth-order valence-corrected chi connectivity index (χ4v) is 4.19. The van der Waals surface area contributed by atoms with Crippen LogP contribution in [0.2, 0.25) is 5.02 Å². The summed E-state index contributed by atoms with van der Waals surface area (Å²) in [5.74, 6) is 0.304. The van der Waals surface area contributed by atoms with E-state index in [2.05, 4.69) is 9.97 Å². The summed E-state index contributed by atoms with van der Waals surface area (Å²) in [5, 5.41) is 0.552. The minimum Gasteiger partial charge on any atom is -0.497 e. The lowest BCUT2D eigenvalue weighted by atomic mass is 10.2. The summed E-state index contributed by atoms with van der Waals surface area (Å²) >= 11 is 7.14. The van der Waals surface area contributed by atoms with Crippen molar-refractivity contribution in [3.8, 4) is 5.75 Å². The van der Waals surface area contributed by atoms with Crippen molar-refractivity contribution in [1.29, 1.82) is 0 Å². The first-order valence-corrected chi connectivity index (χ1v) is 11.2. The number of aryl methyl sites for hydroxylation is 1. The number of fused-ring (bicyclic) bond motifs is 1. The Kier molecular flexibility index (Phi) is 7.48. The fraction of sp³-hybridized carbons (Fsp3) is 0.409. The molecule has 0 spiro atoms. The largest absolute Gasteiger partial charge is 0.497 e. The van der Waals surface area contributed by atoms with Crippen LogP contribution in [0.5, 0.6) is 5.75 Å². The van der Waals surface area contributed by atoms with Crippen LogP contribution < -0.4 is 4.74 Å². The van der Waals surface area contributed by atoms with Crippen molar-refractivity contribution in [3.63, 3.8) is 0 Å². The number of aromatic nitrogens is 3. The van der Waals surface area contributed by atoms with Crippen LogP contribution in [0.15, 0.2) is 40.6 Å². The third kappa shape index (κ3) is 6.54. The van der Waals surface area contributed by atoms with E-state index in [0.29, 0.717) is 29.4 Å². The summed E-state index contributed by atoms with van der Waals surface area (Å²) in [6.07, 6.45) is -3.11. The molecule has 6 nitrogen and oxygen atoms in total. The fourth-order valence-electron chi connectivity index (χ4n) is 3.02. The van der Waals surface area contributed by atoms with Crippen LogP contribution in [0.4, 0.5) is 13.2 Å². The summed E-state index contributed by atoms with van der Waals surface area (Å²) in [7, 11) is 1.54. The van der Waals surface area contributed by atoms with E-state index in [-0.39, 0.29) is 22.4 Å². The van der Waals surface area contributed by atoms with Gasteiger partial charge in [0.05, 0.1) is 28.7 Å². The summed E-state index contributed by atoms with van der Waals surface area (Å²) in [6, 6.07) is 6.22. The molecule has 2 aromatic heterocycles. The molecule has 0 unspecified atom stereocenters. The lowest BCUT2D eigenvalue weighted by Crippen LogP contribution is -2.23. The van der Waals surface area contributed by atoms with E-state index < -0.39 is 17.3 Å². The molecule has 2 heterocycles. The normalized spacial score (nSPS) is 12.2. The number of esters is 1. The number of carbonyl (C=O) groups is 1. The maximum Gasteiger partial charge on any atom is 0.417 e. The topological polar surface area (TPSA) is 66.2 Å².